The Morgan fingerprint density at radius 3 is 2.62 bits per heavy atom. The van der Waals surface area contributed by atoms with Crippen LogP contribution in [-0.2, 0) is 0 Å². The van der Waals surface area contributed by atoms with Gasteiger partial charge in [0, 0.05) is 6.54 Å². The van der Waals surface area contributed by atoms with E-state index in [1.807, 2.05) is 0 Å². The van der Waals surface area contributed by atoms with Gasteiger partial charge >= 0.3 is 0 Å². The van der Waals surface area contributed by atoms with Gasteiger partial charge in [-0.1, -0.05) is 37.5 Å². The Bertz CT molecular complexity index is 363. The zero-order valence-corrected chi connectivity index (χ0v) is 11.3. The van der Waals surface area contributed by atoms with Crippen LogP contribution in [0, 0.1) is 15.8 Å². The maximum atomic E-state index is 5.00. The van der Waals surface area contributed by atoms with Crippen molar-refractivity contribution in [2.75, 3.05) is 11.9 Å². The molecule has 0 bridgehead atoms. The summed E-state index contributed by atoms with van der Waals surface area (Å²) in [4.78, 5) is 0. The number of hydrogen-bond acceptors (Lipinski definition) is 4. The maximum absolute atomic E-state index is 5.00. The largest absolute Gasteiger partial charge is 0.360 e. The lowest BCUT2D eigenvalue weighted by Crippen LogP contribution is -2.20. The van der Waals surface area contributed by atoms with E-state index in [-0.39, 0.29) is 0 Å². The van der Waals surface area contributed by atoms with Gasteiger partial charge in [-0.25, -0.2) is 0 Å². The summed E-state index contributed by atoms with van der Waals surface area (Å²) < 4.78 is 0.747. The summed E-state index contributed by atoms with van der Waals surface area (Å²) in [7, 11) is 0. The van der Waals surface area contributed by atoms with Gasteiger partial charge < -0.3 is 5.32 Å². The number of H-pyrrole nitrogens is 1. The first-order valence-electron chi connectivity index (χ1n) is 6.07. The lowest BCUT2D eigenvalue weighted by atomic mass is 9.81. The zero-order chi connectivity index (χ0) is 11.4. The molecule has 1 saturated carbocycles. The predicted molar refractivity (Wildman–Crippen MR) is 71.5 cm³/mol. The second-order valence-electron chi connectivity index (χ2n) is 4.59. The third kappa shape index (κ3) is 3.28. The Kier molecular flexibility index (Phi) is 4.35. The highest BCUT2D eigenvalue weighted by Gasteiger charge is 2.19. The molecule has 2 N–H and O–H groups in total. The van der Waals surface area contributed by atoms with Crippen LogP contribution in [0.25, 0.3) is 0 Å². The Labute approximate surface area is 106 Å². The molecule has 1 aromatic heterocycles. The van der Waals surface area contributed by atoms with Crippen molar-refractivity contribution >= 4 is 28.7 Å². The van der Waals surface area contributed by atoms with Crippen LogP contribution in [0.15, 0.2) is 0 Å². The van der Waals surface area contributed by atoms with E-state index in [0.29, 0.717) is 0 Å². The molecular weight excluding hydrogens is 238 g/mol. The molecule has 2 rings (SSSR count). The number of anilines is 1. The number of nitrogens with one attached hydrogen (secondary N) is 2. The highest BCUT2D eigenvalue weighted by atomic mass is 32.1. The van der Waals surface area contributed by atoms with Crippen molar-refractivity contribution in [1.82, 2.24) is 10.2 Å². The quantitative estimate of drug-likeness (QED) is 0.805. The fourth-order valence-corrected chi connectivity index (χ4v) is 3.18. The van der Waals surface area contributed by atoms with E-state index < -0.39 is 0 Å². The number of nitrogens with zero attached hydrogens (tertiary/aromatic N) is 1. The Balaban J connectivity index is 1.73. The highest BCUT2D eigenvalue weighted by Crippen LogP contribution is 2.30. The standard InChI is InChI=1S/C11H19N3S2/c1-2-8-3-5-9(6-4-8)7-12-10-13-14-11(15)16-10/h8-9H,2-7H2,1H3,(H,12,13)(H,14,15). The first-order valence-corrected chi connectivity index (χ1v) is 7.29. The Morgan fingerprint density at radius 1 is 1.38 bits per heavy atom. The van der Waals surface area contributed by atoms with Crippen LogP contribution in [0.3, 0.4) is 0 Å². The van der Waals surface area contributed by atoms with Crippen LogP contribution in [0.5, 0.6) is 0 Å². The summed E-state index contributed by atoms with van der Waals surface area (Å²) in [6.07, 6.45) is 6.88. The van der Waals surface area contributed by atoms with Crippen LogP contribution in [0.2, 0.25) is 0 Å². The van der Waals surface area contributed by atoms with Gasteiger partial charge in [0.2, 0.25) is 5.13 Å². The van der Waals surface area contributed by atoms with E-state index in [2.05, 4.69) is 22.4 Å². The minimum atomic E-state index is 0.747. The molecule has 1 aliphatic rings. The average Bonchev–Trinajstić information content (AvgIpc) is 2.73. The molecule has 5 heteroatoms. The number of hydrogen-bond donors (Lipinski definition) is 2. The molecule has 0 spiro atoms. The molecule has 0 radical (unpaired) electrons. The van der Waals surface area contributed by atoms with Gasteiger partial charge in [0.05, 0.1) is 0 Å². The smallest absolute Gasteiger partial charge is 0.204 e. The van der Waals surface area contributed by atoms with Gasteiger partial charge in [0.1, 0.15) is 0 Å². The minimum Gasteiger partial charge on any atom is -0.360 e. The molecule has 16 heavy (non-hydrogen) atoms. The van der Waals surface area contributed by atoms with Crippen molar-refractivity contribution in [3.63, 3.8) is 0 Å². The molecule has 0 saturated heterocycles. The zero-order valence-electron chi connectivity index (χ0n) is 9.66. The lowest BCUT2D eigenvalue weighted by molar-refractivity contribution is 0.278. The molecule has 0 atom stereocenters. The number of aromatic amines is 1. The molecule has 1 aromatic rings. The van der Waals surface area contributed by atoms with Crippen LogP contribution in [-0.4, -0.2) is 16.7 Å². The summed E-state index contributed by atoms with van der Waals surface area (Å²) >= 11 is 6.51. The van der Waals surface area contributed by atoms with Gasteiger partial charge in [0.15, 0.2) is 3.95 Å². The van der Waals surface area contributed by atoms with Crippen molar-refractivity contribution in [3.8, 4) is 0 Å². The van der Waals surface area contributed by atoms with Crippen molar-refractivity contribution in [2.24, 2.45) is 11.8 Å². The van der Waals surface area contributed by atoms with Gasteiger partial charge in [-0.3, -0.25) is 5.10 Å². The highest BCUT2D eigenvalue weighted by molar-refractivity contribution is 7.73. The molecular formula is C11H19N3S2. The average molecular weight is 257 g/mol. The van der Waals surface area contributed by atoms with E-state index in [0.717, 1.165) is 27.5 Å². The van der Waals surface area contributed by atoms with Crippen molar-refractivity contribution in [1.29, 1.82) is 0 Å². The lowest BCUT2D eigenvalue weighted by Gasteiger charge is -2.27. The summed E-state index contributed by atoms with van der Waals surface area (Å²) in [6.45, 7) is 3.35. The summed E-state index contributed by atoms with van der Waals surface area (Å²) in [5.41, 5.74) is 0. The second-order valence-corrected chi connectivity index (χ2v) is 6.26. The van der Waals surface area contributed by atoms with Crippen LogP contribution >= 0.6 is 23.6 Å². The van der Waals surface area contributed by atoms with Crippen molar-refractivity contribution in [2.45, 2.75) is 39.0 Å². The molecule has 0 aliphatic heterocycles. The monoisotopic (exact) mass is 257 g/mol. The molecule has 3 nitrogen and oxygen atoms in total. The van der Waals surface area contributed by atoms with Crippen molar-refractivity contribution in [3.05, 3.63) is 3.95 Å². The van der Waals surface area contributed by atoms with Gasteiger partial charge in [0.25, 0.3) is 0 Å². The molecule has 0 unspecified atom stereocenters. The predicted octanol–water partition coefficient (Wildman–Crippen LogP) is 3.83. The molecule has 90 valence electrons. The third-order valence-electron chi connectivity index (χ3n) is 3.52. The van der Waals surface area contributed by atoms with E-state index in [9.17, 15) is 0 Å². The van der Waals surface area contributed by atoms with Gasteiger partial charge in [-0.15, -0.1) is 5.10 Å². The summed E-state index contributed by atoms with van der Waals surface area (Å²) in [5.74, 6) is 1.80. The Morgan fingerprint density at radius 2 is 2.06 bits per heavy atom. The van der Waals surface area contributed by atoms with E-state index in [1.54, 1.807) is 0 Å². The Hall–Kier alpha value is -0.420. The van der Waals surface area contributed by atoms with Gasteiger partial charge in [-0.2, -0.15) is 0 Å². The molecule has 0 aromatic carbocycles. The third-order valence-corrected chi connectivity index (χ3v) is 4.57. The fourth-order valence-electron chi connectivity index (χ4n) is 2.38. The number of aromatic nitrogens is 2. The van der Waals surface area contributed by atoms with E-state index >= 15 is 0 Å². The molecule has 0 amide bonds. The van der Waals surface area contributed by atoms with Crippen LogP contribution in [0.4, 0.5) is 5.13 Å². The molecule has 1 aliphatic carbocycles. The summed E-state index contributed by atoms with van der Waals surface area (Å²) in [5, 5.41) is 11.2. The SMILES string of the molecule is CCC1CCC(CNc2n[nH]c(=S)s2)CC1. The topological polar surface area (TPSA) is 40.7 Å². The van der Waals surface area contributed by atoms with Crippen molar-refractivity contribution < 1.29 is 0 Å². The maximum Gasteiger partial charge on any atom is 0.204 e. The van der Waals surface area contributed by atoms with E-state index in [4.69, 9.17) is 12.2 Å². The molecule has 1 heterocycles. The first-order chi connectivity index (χ1) is 7.78. The first kappa shape index (κ1) is 12.0. The fraction of sp³-hybridized carbons (Fsp3) is 0.818. The summed E-state index contributed by atoms with van der Waals surface area (Å²) in [6, 6.07) is 0. The minimum absolute atomic E-state index is 0.747. The van der Waals surface area contributed by atoms with Crippen LogP contribution < -0.4 is 5.32 Å². The van der Waals surface area contributed by atoms with Gasteiger partial charge in [-0.05, 0) is 36.9 Å². The number of rotatable bonds is 4. The second kappa shape index (κ2) is 5.77. The normalized spacial score (nSPS) is 25.6. The molecule has 1 fully saturated rings. The van der Waals surface area contributed by atoms with E-state index in [1.165, 1.54) is 43.4 Å². The van der Waals surface area contributed by atoms with Crippen LogP contribution in [0.1, 0.15) is 39.0 Å².